The third kappa shape index (κ3) is 4.58. The van der Waals surface area contributed by atoms with Gasteiger partial charge in [0.1, 0.15) is 19.0 Å². The molecule has 1 fully saturated rings. The molecule has 0 spiro atoms. The first-order valence-corrected chi connectivity index (χ1v) is 11.0. The fraction of sp³-hybridized carbons (Fsp3) is 0.435. The lowest BCUT2D eigenvalue weighted by atomic mass is 10.0. The minimum absolute atomic E-state index is 0.0970. The third-order valence-corrected chi connectivity index (χ3v) is 6.11. The summed E-state index contributed by atoms with van der Waals surface area (Å²) in [4.78, 5) is 14.7. The van der Waals surface area contributed by atoms with Gasteiger partial charge in [-0.05, 0) is 55.6 Å². The second-order valence-electron chi connectivity index (χ2n) is 8.23. The van der Waals surface area contributed by atoms with E-state index in [1.54, 1.807) is 22.8 Å². The van der Waals surface area contributed by atoms with Gasteiger partial charge in [0.2, 0.25) is 0 Å². The van der Waals surface area contributed by atoms with Gasteiger partial charge >= 0.3 is 0 Å². The van der Waals surface area contributed by atoms with E-state index in [9.17, 15) is 9.18 Å². The summed E-state index contributed by atoms with van der Waals surface area (Å²) in [7, 11) is 0. The van der Waals surface area contributed by atoms with Crippen LogP contribution in [0.2, 0.25) is 0 Å². The van der Waals surface area contributed by atoms with Crippen LogP contribution in [-0.2, 0) is 13.1 Å². The maximum Gasteiger partial charge on any atom is 0.276 e. The number of piperidine rings is 1. The van der Waals surface area contributed by atoms with Crippen molar-refractivity contribution in [2.45, 2.75) is 32.0 Å². The molecule has 168 valence electrons. The fourth-order valence-corrected chi connectivity index (χ4v) is 4.32. The molecule has 8 nitrogen and oxygen atoms in total. The van der Waals surface area contributed by atoms with Crippen LogP contribution < -0.4 is 20.3 Å². The minimum atomic E-state index is -0.327. The van der Waals surface area contributed by atoms with Gasteiger partial charge in [0.25, 0.3) is 11.4 Å². The highest BCUT2D eigenvalue weighted by molar-refractivity contribution is 5.78. The highest BCUT2D eigenvalue weighted by Crippen LogP contribution is 2.26. The molecule has 0 saturated carbocycles. The van der Waals surface area contributed by atoms with Crippen LogP contribution in [0.15, 0.2) is 41.2 Å². The zero-order valence-electron chi connectivity index (χ0n) is 17.8. The van der Waals surface area contributed by atoms with Gasteiger partial charge in [-0.2, -0.15) is 5.10 Å². The Kier molecular flexibility index (Phi) is 6.00. The number of nitrogens with one attached hydrogen (secondary N) is 1. The van der Waals surface area contributed by atoms with Gasteiger partial charge in [-0.3, -0.25) is 4.79 Å². The van der Waals surface area contributed by atoms with Crippen LogP contribution >= 0.6 is 0 Å². The van der Waals surface area contributed by atoms with Crippen molar-refractivity contribution >= 4 is 10.9 Å². The Morgan fingerprint density at radius 1 is 1.03 bits per heavy atom. The van der Waals surface area contributed by atoms with Crippen LogP contribution in [0.5, 0.6) is 11.6 Å². The van der Waals surface area contributed by atoms with E-state index in [0.29, 0.717) is 49.5 Å². The van der Waals surface area contributed by atoms with Crippen molar-refractivity contribution in [3.8, 4) is 11.6 Å². The van der Waals surface area contributed by atoms with E-state index in [1.165, 1.54) is 12.1 Å². The van der Waals surface area contributed by atoms with Crippen LogP contribution in [0.3, 0.4) is 0 Å². The lowest BCUT2D eigenvalue weighted by molar-refractivity contribution is 0.161. The highest BCUT2D eigenvalue weighted by Gasteiger charge is 2.20. The predicted molar refractivity (Wildman–Crippen MR) is 117 cm³/mol. The number of aromatic nitrogens is 3. The molecule has 0 atom stereocenters. The Morgan fingerprint density at radius 2 is 1.84 bits per heavy atom. The van der Waals surface area contributed by atoms with Crippen molar-refractivity contribution in [1.29, 1.82) is 0 Å². The zero-order chi connectivity index (χ0) is 21.9. The van der Waals surface area contributed by atoms with E-state index in [2.05, 4.69) is 20.4 Å². The van der Waals surface area contributed by atoms with Gasteiger partial charge in [-0.1, -0.05) is 0 Å². The second kappa shape index (κ2) is 9.22. The number of ether oxygens (including phenoxy) is 2. The summed E-state index contributed by atoms with van der Waals surface area (Å²) in [6, 6.07) is 10.2. The maximum absolute atomic E-state index is 13.7. The maximum atomic E-state index is 13.7. The van der Waals surface area contributed by atoms with Crippen molar-refractivity contribution in [3.63, 3.8) is 0 Å². The van der Waals surface area contributed by atoms with Gasteiger partial charge in [0.05, 0.1) is 11.2 Å². The lowest BCUT2D eigenvalue weighted by Crippen LogP contribution is -2.43. The van der Waals surface area contributed by atoms with E-state index >= 15 is 0 Å². The Morgan fingerprint density at radius 3 is 2.72 bits per heavy atom. The molecule has 2 aromatic heterocycles. The summed E-state index contributed by atoms with van der Waals surface area (Å²) in [5, 5.41) is 12.7. The quantitative estimate of drug-likeness (QED) is 0.629. The summed E-state index contributed by atoms with van der Waals surface area (Å²) in [5.41, 5.74) is 1.38. The molecule has 0 aliphatic carbocycles. The van der Waals surface area contributed by atoms with Gasteiger partial charge < -0.3 is 24.3 Å². The smallest absolute Gasteiger partial charge is 0.276 e. The molecule has 0 radical (unpaired) electrons. The Labute approximate surface area is 185 Å². The van der Waals surface area contributed by atoms with Crippen molar-refractivity contribution in [1.82, 2.24) is 25.0 Å². The molecule has 32 heavy (non-hydrogen) atoms. The fourth-order valence-electron chi connectivity index (χ4n) is 4.32. The first-order chi connectivity index (χ1) is 15.7. The molecule has 5 rings (SSSR count). The molecule has 0 bridgehead atoms. The van der Waals surface area contributed by atoms with Crippen LogP contribution in [0.1, 0.15) is 18.5 Å². The average Bonchev–Trinajstić information content (AvgIpc) is 2.82. The van der Waals surface area contributed by atoms with Crippen LogP contribution in [0, 0.1) is 5.82 Å². The van der Waals surface area contributed by atoms with Crippen molar-refractivity contribution in [2.24, 2.45) is 0 Å². The summed E-state index contributed by atoms with van der Waals surface area (Å²) in [6.45, 7) is 4.86. The molecule has 1 N–H and O–H groups in total. The van der Waals surface area contributed by atoms with Gasteiger partial charge in [-0.15, -0.1) is 5.10 Å². The summed E-state index contributed by atoms with van der Waals surface area (Å²) >= 11 is 0. The molecule has 9 heteroatoms. The molecule has 3 aromatic rings. The molecule has 2 aliphatic heterocycles. The average molecular weight is 439 g/mol. The first kappa shape index (κ1) is 20.8. The number of nitrogens with zero attached hydrogens (tertiary/aromatic N) is 4. The Bertz CT molecular complexity index is 1160. The summed E-state index contributed by atoms with van der Waals surface area (Å²) in [5.74, 6) is 0.786. The summed E-state index contributed by atoms with van der Waals surface area (Å²) in [6.07, 6.45) is 2.02. The molecule has 0 amide bonds. The minimum Gasteiger partial charge on any atom is -0.484 e. The monoisotopic (exact) mass is 439 g/mol. The number of pyridine rings is 1. The normalized spacial score (nSPS) is 17.0. The van der Waals surface area contributed by atoms with E-state index in [4.69, 9.17) is 9.47 Å². The predicted octanol–water partition coefficient (Wildman–Crippen LogP) is 1.96. The third-order valence-electron chi connectivity index (χ3n) is 6.11. The zero-order valence-corrected chi connectivity index (χ0v) is 17.8. The molecular weight excluding hydrogens is 413 g/mol. The van der Waals surface area contributed by atoms with Crippen LogP contribution in [0.25, 0.3) is 10.9 Å². The highest BCUT2D eigenvalue weighted by atomic mass is 19.1. The van der Waals surface area contributed by atoms with Gasteiger partial charge in [0, 0.05) is 37.8 Å². The number of likely N-dealkylation sites (tertiary alicyclic amines) is 1. The van der Waals surface area contributed by atoms with Crippen LogP contribution in [0.4, 0.5) is 4.39 Å². The first-order valence-electron chi connectivity index (χ1n) is 11.0. The Hall–Kier alpha value is -3.04. The van der Waals surface area contributed by atoms with Crippen LogP contribution in [-0.4, -0.2) is 58.6 Å². The number of hydrogen-bond acceptors (Lipinski definition) is 7. The SMILES string of the molecule is O=c1ccc2ccc(F)cc2n1CCN1CCC(NCc2cc3c(nn2)OCCO3)CC1. The summed E-state index contributed by atoms with van der Waals surface area (Å²) < 4.78 is 26.4. The van der Waals surface area contributed by atoms with Gasteiger partial charge in [0.15, 0.2) is 5.75 Å². The van der Waals surface area contributed by atoms with Crippen molar-refractivity contribution in [3.05, 3.63) is 58.3 Å². The second-order valence-corrected chi connectivity index (χ2v) is 8.23. The van der Waals surface area contributed by atoms with E-state index < -0.39 is 0 Å². The largest absolute Gasteiger partial charge is 0.484 e. The molecule has 0 unspecified atom stereocenters. The van der Waals surface area contributed by atoms with E-state index in [1.807, 2.05) is 6.07 Å². The number of rotatable bonds is 6. The Balaban J connectivity index is 1.13. The number of fused-ring (bicyclic) bond motifs is 2. The van der Waals surface area contributed by atoms with Gasteiger partial charge in [-0.25, -0.2) is 4.39 Å². The molecule has 1 aromatic carbocycles. The van der Waals surface area contributed by atoms with Crippen molar-refractivity contribution < 1.29 is 13.9 Å². The van der Waals surface area contributed by atoms with Crippen molar-refractivity contribution in [2.75, 3.05) is 32.8 Å². The van der Waals surface area contributed by atoms with E-state index in [0.717, 1.165) is 43.6 Å². The lowest BCUT2D eigenvalue weighted by Gasteiger charge is -2.32. The molecule has 2 aliphatic rings. The number of halogens is 1. The standard InChI is InChI=1S/C23H26FN5O3/c24-17-3-1-16-2-4-22(30)29(20(16)13-17)10-9-28-7-5-18(6-8-28)25-15-19-14-21-23(27-26-19)32-12-11-31-21/h1-4,13-14,18,25H,5-12,15H2. The number of benzene rings is 1. The molecule has 4 heterocycles. The molecule has 1 saturated heterocycles. The molecular formula is C23H26FN5O3. The number of hydrogen-bond donors (Lipinski definition) is 1. The topological polar surface area (TPSA) is 81.5 Å². The van der Waals surface area contributed by atoms with E-state index in [-0.39, 0.29) is 11.4 Å².